The molecular formula is C14H17NO4. The monoisotopic (exact) mass is 263 g/mol. The molecular weight excluding hydrogens is 246 g/mol. The Bertz CT molecular complexity index is 440. The van der Waals surface area contributed by atoms with Crippen LogP contribution in [-0.2, 0) is 14.3 Å². The van der Waals surface area contributed by atoms with Crippen molar-refractivity contribution in [3.63, 3.8) is 0 Å². The summed E-state index contributed by atoms with van der Waals surface area (Å²) in [6.45, 7) is 0.680. The van der Waals surface area contributed by atoms with Crippen molar-refractivity contribution >= 4 is 11.9 Å². The van der Waals surface area contributed by atoms with Crippen LogP contribution in [0.3, 0.4) is 0 Å². The predicted octanol–water partition coefficient (Wildman–Crippen LogP) is 1.50. The van der Waals surface area contributed by atoms with Gasteiger partial charge in [0.2, 0.25) is 5.91 Å². The van der Waals surface area contributed by atoms with Crippen LogP contribution in [0.15, 0.2) is 30.3 Å². The van der Waals surface area contributed by atoms with Crippen LogP contribution in [0.2, 0.25) is 0 Å². The third-order valence-electron chi connectivity index (χ3n) is 3.12. The fourth-order valence-corrected chi connectivity index (χ4v) is 2.17. The standard InChI is InChI=1S/C14H17NO4/c16-12(9-11-7-4-8-19-11)15-13(14(17)18)10-5-2-1-3-6-10/h1-3,5-6,11,13H,4,7-9H2,(H,15,16)(H,17,18)/t11-,13+/m1/s1. The second-order valence-corrected chi connectivity index (χ2v) is 4.59. The van der Waals surface area contributed by atoms with Gasteiger partial charge in [-0.05, 0) is 18.4 Å². The van der Waals surface area contributed by atoms with Crippen molar-refractivity contribution in [1.29, 1.82) is 0 Å². The molecule has 2 rings (SSSR count). The SMILES string of the molecule is O=C(C[C@H]1CCCO1)N[C@H](C(=O)O)c1ccccc1. The lowest BCUT2D eigenvalue weighted by Gasteiger charge is -2.16. The van der Waals surface area contributed by atoms with Crippen molar-refractivity contribution in [2.75, 3.05) is 6.61 Å². The minimum atomic E-state index is -1.06. The highest BCUT2D eigenvalue weighted by Crippen LogP contribution is 2.17. The molecule has 1 aromatic rings. The molecule has 2 N–H and O–H groups in total. The molecule has 0 radical (unpaired) electrons. The molecule has 5 heteroatoms. The third kappa shape index (κ3) is 3.79. The summed E-state index contributed by atoms with van der Waals surface area (Å²) < 4.78 is 5.36. The van der Waals surface area contributed by atoms with Gasteiger partial charge < -0.3 is 15.2 Å². The Kier molecular flexibility index (Phi) is 4.52. The first-order chi connectivity index (χ1) is 9.16. The highest BCUT2D eigenvalue weighted by molar-refractivity contribution is 5.84. The second kappa shape index (κ2) is 6.33. The number of carbonyl (C=O) groups excluding carboxylic acids is 1. The fourth-order valence-electron chi connectivity index (χ4n) is 2.17. The summed E-state index contributed by atoms with van der Waals surface area (Å²) in [6, 6.07) is 7.66. The number of benzene rings is 1. The van der Waals surface area contributed by atoms with Gasteiger partial charge in [0.15, 0.2) is 6.04 Å². The molecule has 5 nitrogen and oxygen atoms in total. The van der Waals surface area contributed by atoms with Crippen LogP contribution in [0.4, 0.5) is 0 Å². The Hall–Kier alpha value is -1.88. The average Bonchev–Trinajstić information content (AvgIpc) is 2.89. The van der Waals surface area contributed by atoms with E-state index in [4.69, 9.17) is 4.74 Å². The zero-order valence-electron chi connectivity index (χ0n) is 10.5. The first kappa shape index (κ1) is 13.5. The van der Waals surface area contributed by atoms with E-state index < -0.39 is 12.0 Å². The van der Waals surface area contributed by atoms with E-state index in [-0.39, 0.29) is 18.4 Å². The Morgan fingerprint density at radius 1 is 1.37 bits per heavy atom. The van der Waals surface area contributed by atoms with Crippen LogP contribution in [0, 0.1) is 0 Å². The van der Waals surface area contributed by atoms with Gasteiger partial charge in [0.25, 0.3) is 0 Å². The highest BCUT2D eigenvalue weighted by Gasteiger charge is 2.24. The number of hydrogen-bond acceptors (Lipinski definition) is 3. The maximum Gasteiger partial charge on any atom is 0.330 e. The summed E-state index contributed by atoms with van der Waals surface area (Å²) >= 11 is 0. The van der Waals surface area contributed by atoms with E-state index in [0.717, 1.165) is 12.8 Å². The van der Waals surface area contributed by atoms with E-state index in [9.17, 15) is 14.7 Å². The molecule has 0 unspecified atom stereocenters. The van der Waals surface area contributed by atoms with Crippen LogP contribution in [-0.4, -0.2) is 29.7 Å². The molecule has 2 atom stereocenters. The molecule has 0 aliphatic carbocycles. The molecule has 102 valence electrons. The molecule has 0 bridgehead atoms. The van der Waals surface area contributed by atoms with Gasteiger partial charge in [0.05, 0.1) is 12.5 Å². The maximum absolute atomic E-state index is 11.8. The lowest BCUT2D eigenvalue weighted by Crippen LogP contribution is -2.35. The third-order valence-corrected chi connectivity index (χ3v) is 3.12. The van der Waals surface area contributed by atoms with Gasteiger partial charge in [-0.25, -0.2) is 4.79 Å². The molecule has 0 spiro atoms. The average molecular weight is 263 g/mol. The van der Waals surface area contributed by atoms with Crippen LogP contribution >= 0.6 is 0 Å². The van der Waals surface area contributed by atoms with Crippen LogP contribution in [0.1, 0.15) is 30.9 Å². The summed E-state index contributed by atoms with van der Waals surface area (Å²) in [6.07, 6.45) is 1.96. The minimum Gasteiger partial charge on any atom is -0.479 e. The van der Waals surface area contributed by atoms with E-state index in [1.807, 2.05) is 0 Å². The molecule has 1 amide bonds. The number of rotatable bonds is 5. The largest absolute Gasteiger partial charge is 0.479 e. The quantitative estimate of drug-likeness (QED) is 0.844. The van der Waals surface area contributed by atoms with Crippen molar-refractivity contribution in [1.82, 2.24) is 5.32 Å². The first-order valence-electron chi connectivity index (χ1n) is 6.35. The van der Waals surface area contributed by atoms with Gasteiger partial charge in [-0.3, -0.25) is 4.79 Å². The van der Waals surface area contributed by atoms with Crippen molar-refractivity contribution in [2.24, 2.45) is 0 Å². The van der Waals surface area contributed by atoms with Gasteiger partial charge in [-0.15, -0.1) is 0 Å². The van der Waals surface area contributed by atoms with E-state index in [0.29, 0.717) is 12.2 Å². The zero-order valence-corrected chi connectivity index (χ0v) is 10.5. The van der Waals surface area contributed by atoms with Crippen molar-refractivity contribution in [3.05, 3.63) is 35.9 Å². The van der Waals surface area contributed by atoms with Gasteiger partial charge in [-0.1, -0.05) is 30.3 Å². The van der Waals surface area contributed by atoms with E-state index >= 15 is 0 Å². The summed E-state index contributed by atoms with van der Waals surface area (Å²) in [5.41, 5.74) is 0.565. The number of nitrogens with one attached hydrogen (secondary N) is 1. The molecule has 1 aliphatic rings. The normalized spacial score (nSPS) is 19.9. The molecule has 0 saturated carbocycles. The number of carboxylic acids is 1. The Morgan fingerprint density at radius 3 is 2.68 bits per heavy atom. The summed E-state index contributed by atoms with van der Waals surface area (Å²) in [7, 11) is 0. The minimum absolute atomic E-state index is 0.0785. The first-order valence-corrected chi connectivity index (χ1v) is 6.35. The van der Waals surface area contributed by atoms with E-state index in [1.165, 1.54) is 0 Å². The predicted molar refractivity (Wildman–Crippen MR) is 68.6 cm³/mol. The summed E-state index contributed by atoms with van der Waals surface area (Å²) in [5.74, 6) is -1.35. The van der Waals surface area contributed by atoms with Gasteiger partial charge in [-0.2, -0.15) is 0 Å². The Morgan fingerprint density at radius 2 is 2.11 bits per heavy atom. The van der Waals surface area contributed by atoms with Crippen LogP contribution < -0.4 is 5.32 Å². The van der Waals surface area contributed by atoms with Gasteiger partial charge in [0, 0.05) is 6.61 Å². The smallest absolute Gasteiger partial charge is 0.330 e. The lowest BCUT2D eigenvalue weighted by molar-refractivity contribution is -0.142. The fraction of sp³-hybridized carbons (Fsp3) is 0.429. The number of aliphatic carboxylic acids is 1. The lowest BCUT2D eigenvalue weighted by atomic mass is 10.1. The molecule has 19 heavy (non-hydrogen) atoms. The summed E-state index contributed by atoms with van der Waals surface area (Å²) in [4.78, 5) is 23.1. The number of ether oxygens (including phenoxy) is 1. The van der Waals surface area contributed by atoms with Gasteiger partial charge >= 0.3 is 5.97 Å². The van der Waals surface area contributed by atoms with Crippen LogP contribution in [0.25, 0.3) is 0 Å². The zero-order chi connectivity index (χ0) is 13.7. The molecule has 1 aromatic carbocycles. The van der Waals surface area contributed by atoms with Crippen molar-refractivity contribution < 1.29 is 19.4 Å². The van der Waals surface area contributed by atoms with Crippen molar-refractivity contribution in [3.8, 4) is 0 Å². The van der Waals surface area contributed by atoms with E-state index in [1.54, 1.807) is 30.3 Å². The highest BCUT2D eigenvalue weighted by atomic mass is 16.5. The van der Waals surface area contributed by atoms with Crippen LogP contribution in [0.5, 0.6) is 0 Å². The van der Waals surface area contributed by atoms with Gasteiger partial charge in [0.1, 0.15) is 0 Å². The molecule has 1 aliphatic heterocycles. The molecule has 1 fully saturated rings. The Balaban J connectivity index is 1.97. The number of carboxylic acid groups (broad SMARTS) is 1. The number of carbonyl (C=O) groups is 2. The van der Waals surface area contributed by atoms with Crippen molar-refractivity contribution in [2.45, 2.75) is 31.4 Å². The second-order valence-electron chi connectivity index (χ2n) is 4.59. The molecule has 1 saturated heterocycles. The Labute approximate surface area is 111 Å². The maximum atomic E-state index is 11.8. The summed E-state index contributed by atoms with van der Waals surface area (Å²) in [5, 5.41) is 11.7. The van der Waals surface area contributed by atoms with E-state index in [2.05, 4.69) is 5.32 Å². The topological polar surface area (TPSA) is 75.6 Å². The number of amides is 1. The molecule has 0 aromatic heterocycles. The number of hydrogen-bond donors (Lipinski definition) is 2. The molecule has 1 heterocycles.